The molecule has 2 atom stereocenters. The van der Waals surface area contributed by atoms with Gasteiger partial charge in [-0.1, -0.05) is 6.92 Å². The standard InChI is InChI=1S/C24H24F3N3O6S/c1-2-7-35-21-8-16(10-28)3-5-20(21)36-13-19-12-30(14-23(19,32)15-31)37(33,34)22-6-4-18(24(25,26)27)9-17(22)11-29/h3-6,8-9,19,31-32H,2,7,12-15H2,1H3/t19-,23-/m1/s1. The highest BCUT2D eigenvalue weighted by atomic mass is 32.2. The maximum Gasteiger partial charge on any atom is 0.416 e. The zero-order valence-corrected chi connectivity index (χ0v) is 20.5. The predicted molar refractivity (Wildman–Crippen MR) is 123 cm³/mol. The van der Waals surface area contributed by atoms with Crippen molar-refractivity contribution in [3.8, 4) is 23.6 Å². The molecule has 0 bridgehead atoms. The molecule has 0 spiro atoms. The molecule has 0 amide bonds. The number of ether oxygens (including phenoxy) is 2. The Morgan fingerprint density at radius 2 is 1.86 bits per heavy atom. The zero-order chi connectivity index (χ0) is 27.4. The smallest absolute Gasteiger partial charge is 0.416 e. The minimum atomic E-state index is -4.77. The van der Waals surface area contributed by atoms with Crippen LogP contribution in [-0.2, 0) is 16.2 Å². The third kappa shape index (κ3) is 5.97. The van der Waals surface area contributed by atoms with Gasteiger partial charge in [0, 0.05) is 25.1 Å². The third-order valence-corrected chi connectivity index (χ3v) is 7.80. The van der Waals surface area contributed by atoms with Gasteiger partial charge in [-0.15, -0.1) is 0 Å². The van der Waals surface area contributed by atoms with Crippen LogP contribution in [0.2, 0.25) is 0 Å². The fraction of sp³-hybridized carbons (Fsp3) is 0.417. The van der Waals surface area contributed by atoms with Gasteiger partial charge >= 0.3 is 6.18 Å². The third-order valence-electron chi connectivity index (χ3n) is 5.93. The molecule has 198 valence electrons. The molecule has 0 aliphatic carbocycles. The summed E-state index contributed by atoms with van der Waals surface area (Å²) in [6.07, 6.45) is -4.09. The van der Waals surface area contributed by atoms with E-state index in [4.69, 9.17) is 14.7 Å². The number of β-amino-alcohol motifs (C(OH)–C–C–N with tert-alkyl or cyclic N) is 1. The number of aliphatic hydroxyl groups excluding tert-OH is 1. The Bertz CT molecular complexity index is 1340. The average molecular weight is 540 g/mol. The summed E-state index contributed by atoms with van der Waals surface area (Å²) >= 11 is 0. The number of alkyl halides is 3. The summed E-state index contributed by atoms with van der Waals surface area (Å²) in [6.45, 7) is 0.242. The van der Waals surface area contributed by atoms with Crippen LogP contribution in [0.5, 0.6) is 11.5 Å². The fourth-order valence-corrected chi connectivity index (χ4v) is 5.52. The minimum absolute atomic E-state index is 0.239. The van der Waals surface area contributed by atoms with E-state index in [0.717, 1.165) is 4.31 Å². The average Bonchev–Trinajstić information content (AvgIpc) is 3.23. The first-order valence-electron chi connectivity index (χ1n) is 11.1. The van der Waals surface area contributed by atoms with Crippen molar-refractivity contribution in [3.05, 3.63) is 53.1 Å². The Morgan fingerprint density at radius 3 is 2.46 bits per heavy atom. The van der Waals surface area contributed by atoms with Gasteiger partial charge in [-0.05, 0) is 36.8 Å². The molecule has 3 rings (SSSR count). The molecule has 1 fully saturated rings. The maximum atomic E-state index is 13.3. The number of hydrogen-bond acceptors (Lipinski definition) is 8. The van der Waals surface area contributed by atoms with Crippen LogP contribution in [0.15, 0.2) is 41.3 Å². The second-order valence-corrected chi connectivity index (χ2v) is 10.4. The summed E-state index contributed by atoms with van der Waals surface area (Å²) < 4.78 is 77.8. The van der Waals surface area contributed by atoms with E-state index in [-0.39, 0.29) is 24.7 Å². The molecule has 0 radical (unpaired) electrons. The predicted octanol–water partition coefficient (Wildman–Crippen LogP) is 2.66. The van der Waals surface area contributed by atoms with Gasteiger partial charge in [0.25, 0.3) is 0 Å². The highest BCUT2D eigenvalue weighted by molar-refractivity contribution is 7.89. The molecule has 13 heteroatoms. The summed E-state index contributed by atoms with van der Waals surface area (Å²) in [6, 6.07) is 9.64. The molecule has 2 aromatic rings. The van der Waals surface area contributed by atoms with Crippen LogP contribution >= 0.6 is 0 Å². The Morgan fingerprint density at radius 1 is 1.14 bits per heavy atom. The Hall–Kier alpha value is -3.36. The van der Waals surface area contributed by atoms with Gasteiger partial charge in [0.1, 0.15) is 11.7 Å². The molecule has 1 aliphatic heterocycles. The number of rotatable bonds is 9. The van der Waals surface area contributed by atoms with Crippen molar-refractivity contribution in [1.29, 1.82) is 10.5 Å². The van der Waals surface area contributed by atoms with E-state index < -0.39 is 56.9 Å². The van der Waals surface area contributed by atoms with E-state index in [1.54, 1.807) is 0 Å². The first-order valence-corrected chi connectivity index (χ1v) is 12.6. The molecule has 1 aliphatic rings. The number of sulfonamides is 1. The van der Waals surface area contributed by atoms with Crippen molar-refractivity contribution in [2.24, 2.45) is 5.92 Å². The van der Waals surface area contributed by atoms with Crippen LogP contribution in [0.1, 0.15) is 30.0 Å². The molecule has 1 heterocycles. The summed E-state index contributed by atoms with van der Waals surface area (Å²) in [4.78, 5) is -0.646. The van der Waals surface area contributed by atoms with Gasteiger partial charge in [0.15, 0.2) is 11.5 Å². The van der Waals surface area contributed by atoms with E-state index >= 15 is 0 Å². The zero-order valence-electron chi connectivity index (χ0n) is 19.7. The molecule has 2 N–H and O–H groups in total. The molecular formula is C24H24F3N3O6S. The number of hydrogen-bond donors (Lipinski definition) is 2. The maximum absolute atomic E-state index is 13.3. The summed E-state index contributed by atoms with van der Waals surface area (Å²) in [5.41, 5.74) is -3.47. The highest BCUT2D eigenvalue weighted by Crippen LogP contribution is 2.37. The first-order chi connectivity index (χ1) is 17.4. The van der Waals surface area contributed by atoms with E-state index in [9.17, 15) is 37.1 Å². The molecule has 0 unspecified atom stereocenters. The number of nitrogens with zero attached hydrogens (tertiary/aromatic N) is 3. The quantitative estimate of drug-likeness (QED) is 0.495. The van der Waals surface area contributed by atoms with Gasteiger partial charge in [0.05, 0.1) is 47.5 Å². The number of nitriles is 2. The van der Waals surface area contributed by atoms with Gasteiger partial charge in [-0.2, -0.15) is 28.0 Å². The van der Waals surface area contributed by atoms with Crippen molar-refractivity contribution in [1.82, 2.24) is 4.31 Å². The molecule has 0 saturated carbocycles. The van der Waals surface area contributed by atoms with Crippen LogP contribution in [0.25, 0.3) is 0 Å². The van der Waals surface area contributed by atoms with Gasteiger partial charge in [-0.25, -0.2) is 8.42 Å². The van der Waals surface area contributed by atoms with E-state index in [1.807, 2.05) is 13.0 Å². The number of halogens is 3. The Labute approximate surface area is 211 Å². The molecule has 37 heavy (non-hydrogen) atoms. The van der Waals surface area contributed by atoms with E-state index in [2.05, 4.69) is 0 Å². The monoisotopic (exact) mass is 539 g/mol. The van der Waals surface area contributed by atoms with Crippen LogP contribution in [0.3, 0.4) is 0 Å². The van der Waals surface area contributed by atoms with Gasteiger partial charge in [-0.3, -0.25) is 0 Å². The molecule has 9 nitrogen and oxygen atoms in total. The minimum Gasteiger partial charge on any atom is -0.490 e. The Balaban J connectivity index is 1.86. The van der Waals surface area contributed by atoms with Crippen molar-refractivity contribution < 1.29 is 41.3 Å². The van der Waals surface area contributed by atoms with Gasteiger partial charge in [0.2, 0.25) is 10.0 Å². The summed E-state index contributed by atoms with van der Waals surface area (Å²) in [5.74, 6) is -0.426. The summed E-state index contributed by atoms with van der Waals surface area (Å²) in [5, 5.41) is 39.2. The normalized spacial score (nSPS) is 20.3. The lowest BCUT2D eigenvalue weighted by molar-refractivity contribution is -0.137. The van der Waals surface area contributed by atoms with Crippen molar-refractivity contribution in [2.45, 2.75) is 30.0 Å². The molecule has 0 aromatic heterocycles. The van der Waals surface area contributed by atoms with E-state index in [1.165, 1.54) is 24.3 Å². The lowest BCUT2D eigenvalue weighted by Crippen LogP contribution is -2.44. The SMILES string of the molecule is CCCOc1cc(C#N)ccc1OC[C@H]1CN(S(=O)(=O)c2ccc(C(F)(F)F)cc2C#N)C[C@@]1(O)CO. The number of aliphatic hydroxyl groups is 2. The first kappa shape index (κ1) is 28.2. The number of benzene rings is 2. The second-order valence-electron chi connectivity index (χ2n) is 8.51. The topological polar surface area (TPSA) is 144 Å². The summed E-state index contributed by atoms with van der Waals surface area (Å²) in [7, 11) is -4.51. The van der Waals surface area contributed by atoms with Crippen molar-refractivity contribution >= 4 is 10.0 Å². The molecule has 1 saturated heterocycles. The van der Waals surface area contributed by atoms with Crippen molar-refractivity contribution in [3.63, 3.8) is 0 Å². The largest absolute Gasteiger partial charge is 0.490 e. The Kier molecular flexibility index (Phi) is 8.35. The lowest BCUT2D eigenvalue weighted by Gasteiger charge is -2.27. The van der Waals surface area contributed by atoms with E-state index in [0.29, 0.717) is 36.8 Å². The van der Waals surface area contributed by atoms with Gasteiger partial charge < -0.3 is 19.7 Å². The van der Waals surface area contributed by atoms with Crippen LogP contribution in [-0.4, -0.2) is 61.4 Å². The molecule has 2 aromatic carbocycles. The fourth-order valence-electron chi connectivity index (χ4n) is 3.85. The van der Waals surface area contributed by atoms with Crippen LogP contribution < -0.4 is 9.47 Å². The highest BCUT2D eigenvalue weighted by Gasteiger charge is 2.50. The van der Waals surface area contributed by atoms with Crippen LogP contribution in [0.4, 0.5) is 13.2 Å². The lowest BCUT2D eigenvalue weighted by atomic mass is 9.92. The second kappa shape index (κ2) is 10.9. The molecular weight excluding hydrogens is 515 g/mol. The van der Waals surface area contributed by atoms with Crippen LogP contribution in [0, 0.1) is 28.6 Å². The van der Waals surface area contributed by atoms with Crippen molar-refractivity contribution in [2.75, 3.05) is 32.9 Å².